The molecule has 2 aliphatic heterocycles. The largest absolute Gasteiger partial charge is 0.493 e. The number of halogens is 1. The van der Waals surface area contributed by atoms with Crippen molar-refractivity contribution in [2.75, 3.05) is 66.5 Å². The van der Waals surface area contributed by atoms with Gasteiger partial charge in [-0.05, 0) is 31.9 Å². The number of piperazine rings is 1. The van der Waals surface area contributed by atoms with Gasteiger partial charge >= 0.3 is 0 Å². The van der Waals surface area contributed by atoms with E-state index in [1.54, 1.807) is 7.11 Å². The molecule has 0 radical (unpaired) electrons. The summed E-state index contributed by atoms with van der Waals surface area (Å²) in [4.78, 5) is 23.7. The third-order valence-corrected chi connectivity index (χ3v) is 6.15. The van der Waals surface area contributed by atoms with Crippen LogP contribution in [-0.2, 0) is 4.79 Å². The molecule has 0 bridgehead atoms. The molecule has 9 heteroatoms. The van der Waals surface area contributed by atoms with E-state index in [1.165, 1.54) is 12.8 Å². The van der Waals surface area contributed by atoms with Gasteiger partial charge in [0.2, 0.25) is 5.91 Å². The van der Waals surface area contributed by atoms with Gasteiger partial charge < -0.3 is 24.6 Å². The Morgan fingerprint density at radius 2 is 1.64 bits per heavy atom. The molecule has 1 aromatic rings. The van der Waals surface area contributed by atoms with E-state index in [1.807, 2.05) is 38.2 Å². The van der Waals surface area contributed by atoms with Crippen LogP contribution < -0.4 is 14.8 Å². The van der Waals surface area contributed by atoms with E-state index in [0.717, 1.165) is 69.6 Å². The van der Waals surface area contributed by atoms with E-state index >= 15 is 0 Å². The van der Waals surface area contributed by atoms with Gasteiger partial charge in [-0.1, -0.05) is 25.0 Å². The third-order valence-electron chi connectivity index (χ3n) is 6.15. The lowest BCUT2D eigenvalue weighted by Gasteiger charge is -2.37. The number of ether oxygens (including phenoxy) is 2. The van der Waals surface area contributed by atoms with Crippen LogP contribution in [0, 0.1) is 0 Å². The summed E-state index contributed by atoms with van der Waals surface area (Å²) in [6.07, 6.45) is 4.73. The van der Waals surface area contributed by atoms with Crippen molar-refractivity contribution in [3.05, 3.63) is 24.3 Å². The van der Waals surface area contributed by atoms with Crippen LogP contribution in [0.2, 0.25) is 0 Å². The highest BCUT2D eigenvalue weighted by Gasteiger charge is 2.24. The number of aliphatic imine (C=N–C) groups is 1. The Balaban J connectivity index is 0.00000385. The predicted octanol–water partition coefficient (Wildman–Crippen LogP) is 2.68. The lowest BCUT2D eigenvalue weighted by atomic mass is 10.2. The maximum Gasteiger partial charge on any atom is 0.236 e. The van der Waals surface area contributed by atoms with E-state index in [0.29, 0.717) is 13.1 Å². The van der Waals surface area contributed by atoms with E-state index in [2.05, 4.69) is 25.0 Å². The number of nitrogens with zero attached hydrogens (tertiary/aromatic N) is 4. The predicted molar refractivity (Wildman–Crippen MR) is 143 cm³/mol. The molecule has 1 N–H and O–H groups in total. The number of carbonyl (C=O) groups excluding carboxylic acids is 1. The molecule has 1 aromatic carbocycles. The lowest BCUT2D eigenvalue weighted by molar-refractivity contribution is -0.132. The average molecular weight is 574 g/mol. The van der Waals surface area contributed by atoms with Gasteiger partial charge in [0.1, 0.15) is 6.10 Å². The molecular weight excluding hydrogens is 533 g/mol. The first kappa shape index (κ1) is 27.5. The van der Waals surface area contributed by atoms with Crippen molar-refractivity contribution in [3.63, 3.8) is 0 Å². The van der Waals surface area contributed by atoms with Crippen LogP contribution >= 0.6 is 24.0 Å². The number of nitrogens with one attached hydrogen (secondary N) is 1. The van der Waals surface area contributed by atoms with Gasteiger partial charge in [0, 0.05) is 46.3 Å². The Kier molecular flexibility index (Phi) is 12.1. The molecule has 2 fully saturated rings. The normalized spacial score (nSPS) is 18.7. The van der Waals surface area contributed by atoms with Crippen LogP contribution in [-0.4, -0.2) is 99.2 Å². The van der Waals surface area contributed by atoms with Gasteiger partial charge in [0.25, 0.3) is 0 Å². The maximum absolute atomic E-state index is 12.7. The summed E-state index contributed by atoms with van der Waals surface area (Å²) in [5.74, 6) is 2.63. The van der Waals surface area contributed by atoms with Crippen molar-refractivity contribution in [1.82, 2.24) is 20.0 Å². The molecule has 186 valence electrons. The zero-order valence-electron chi connectivity index (χ0n) is 20.3. The van der Waals surface area contributed by atoms with E-state index in [9.17, 15) is 4.79 Å². The third kappa shape index (κ3) is 8.51. The second-order valence-corrected chi connectivity index (χ2v) is 8.57. The Morgan fingerprint density at radius 3 is 2.24 bits per heavy atom. The molecule has 0 saturated carbocycles. The van der Waals surface area contributed by atoms with Crippen LogP contribution in [0.4, 0.5) is 0 Å². The van der Waals surface area contributed by atoms with E-state index < -0.39 is 0 Å². The molecule has 1 amide bonds. The minimum atomic E-state index is -0.0458. The molecular formula is C24H40IN5O3. The van der Waals surface area contributed by atoms with Crippen LogP contribution in [0.25, 0.3) is 0 Å². The zero-order chi connectivity index (χ0) is 22.8. The van der Waals surface area contributed by atoms with Crippen LogP contribution in [0.5, 0.6) is 11.5 Å². The zero-order valence-corrected chi connectivity index (χ0v) is 22.6. The summed E-state index contributed by atoms with van der Waals surface area (Å²) >= 11 is 0. The molecule has 1 unspecified atom stereocenters. The van der Waals surface area contributed by atoms with E-state index in [-0.39, 0.29) is 36.0 Å². The van der Waals surface area contributed by atoms with Crippen LogP contribution in [0.1, 0.15) is 32.6 Å². The van der Waals surface area contributed by atoms with Crippen molar-refractivity contribution in [3.8, 4) is 11.5 Å². The standard InChI is InChI=1S/C24H39N5O3.HI/c1-20(32-22-11-7-6-10-21(22)31-3)18-26-24(25-2)29-16-14-27(15-17-29)19-23(30)28-12-8-4-5-9-13-28;/h6-7,10-11,20H,4-5,8-9,12-19H2,1-3H3,(H,25,26);1H. The number of guanidine groups is 1. The first-order valence-corrected chi connectivity index (χ1v) is 11.9. The maximum atomic E-state index is 12.7. The molecule has 0 aromatic heterocycles. The Bertz CT molecular complexity index is 747. The molecule has 1 atom stereocenters. The minimum absolute atomic E-state index is 0. The van der Waals surface area contributed by atoms with Gasteiger partial charge in [-0.25, -0.2) is 0 Å². The fourth-order valence-electron chi connectivity index (χ4n) is 4.27. The highest BCUT2D eigenvalue weighted by atomic mass is 127. The number of para-hydroxylation sites is 2. The number of amides is 1. The van der Waals surface area contributed by atoms with Gasteiger partial charge in [-0.2, -0.15) is 0 Å². The first-order chi connectivity index (χ1) is 15.6. The Hall–Kier alpha value is -1.75. The monoisotopic (exact) mass is 573 g/mol. The average Bonchev–Trinajstić information content (AvgIpc) is 3.10. The topological polar surface area (TPSA) is 69.6 Å². The number of rotatable bonds is 7. The van der Waals surface area contributed by atoms with Crippen molar-refractivity contribution < 1.29 is 14.3 Å². The Labute approximate surface area is 215 Å². The summed E-state index contributed by atoms with van der Waals surface area (Å²) < 4.78 is 11.4. The van der Waals surface area contributed by atoms with Crippen molar-refractivity contribution in [1.29, 1.82) is 0 Å². The fraction of sp³-hybridized carbons (Fsp3) is 0.667. The number of carbonyl (C=O) groups is 1. The number of methoxy groups -OCH3 is 1. The number of hydrogen-bond donors (Lipinski definition) is 1. The molecule has 0 spiro atoms. The number of benzene rings is 1. The van der Waals surface area contributed by atoms with Gasteiger partial charge in [-0.3, -0.25) is 14.7 Å². The molecule has 8 nitrogen and oxygen atoms in total. The summed E-state index contributed by atoms with van der Waals surface area (Å²) in [5, 5.41) is 3.43. The SMILES string of the molecule is CN=C(NCC(C)Oc1ccccc1OC)N1CCN(CC(=O)N2CCCCCC2)CC1.I. The number of hydrogen-bond acceptors (Lipinski definition) is 5. The molecule has 33 heavy (non-hydrogen) atoms. The first-order valence-electron chi connectivity index (χ1n) is 11.9. The molecule has 3 rings (SSSR count). The second kappa shape index (κ2) is 14.5. The Morgan fingerprint density at radius 1 is 1.00 bits per heavy atom. The molecule has 2 heterocycles. The summed E-state index contributed by atoms with van der Waals surface area (Å²) in [6.45, 7) is 8.49. The summed E-state index contributed by atoms with van der Waals surface area (Å²) in [5.41, 5.74) is 0. The summed E-state index contributed by atoms with van der Waals surface area (Å²) in [6, 6.07) is 7.67. The fourth-order valence-corrected chi connectivity index (χ4v) is 4.27. The summed E-state index contributed by atoms with van der Waals surface area (Å²) in [7, 11) is 3.46. The number of likely N-dealkylation sites (tertiary alicyclic amines) is 1. The van der Waals surface area contributed by atoms with Crippen molar-refractivity contribution in [2.45, 2.75) is 38.7 Å². The minimum Gasteiger partial charge on any atom is -0.493 e. The highest BCUT2D eigenvalue weighted by Crippen LogP contribution is 2.26. The van der Waals surface area contributed by atoms with Gasteiger partial charge in [-0.15, -0.1) is 24.0 Å². The van der Waals surface area contributed by atoms with Crippen molar-refractivity contribution >= 4 is 35.8 Å². The lowest BCUT2D eigenvalue weighted by Crippen LogP contribution is -2.55. The van der Waals surface area contributed by atoms with Gasteiger partial charge in [0.05, 0.1) is 20.2 Å². The molecule has 2 aliphatic rings. The molecule has 2 saturated heterocycles. The molecule has 0 aliphatic carbocycles. The van der Waals surface area contributed by atoms with Crippen molar-refractivity contribution in [2.24, 2.45) is 4.99 Å². The quantitative estimate of drug-likeness (QED) is 0.308. The van der Waals surface area contributed by atoms with Crippen LogP contribution in [0.3, 0.4) is 0 Å². The highest BCUT2D eigenvalue weighted by molar-refractivity contribution is 14.0. The van der Waals surface area contributed by atoms with Crippen LogP contribution in [0.15, 0.2) is 29.3 Å². The second-order valence-electron chi connectivity index (χ2n) is 8.57. The van der Waals surface area contributed by atoms with Gasteiger partial charge in [0.15, 0.2) is 17.5 Å². The van der Waals surface area contributed by atoms with E-state index in [4.69, 9.17) is 9.47 Å². The smallest absolute Gasteiger partial charge is 0.236 e.